The summed E-state index contributed by atoms with van der Waals surface area (Å²) in [7, 11) is 1.88. The van der Waals surface area contributed by atoms with Crippen LogP contribution in [0.25, 0.3) is 0 Å². The third-order valence-electron chi connectivity index (χ3n) is 2.87. The molecule has 1 N–H and O–H groups in total. The van der Waals surface area contributed by atoms with Crippen molar-refractivity contribution in [3.8, 4) is 11.5 Å². The van der Waals surface area contributed by atoms with Gasteiger partial charge in [-0.25, -0.2) is 9.97 Å². The van der Waals surface area contributed by atoms with E-state index in [1.165, 1.54) is 0 Å². The molecule has 0 aliphatic rings. The molecule has 0 spiro atoms. The highest BCUT2D eigenvalue weighted by Crippen LogP contribution is 2.24. The minimum absolute atomic E-state index is 0.294. The van der Waals surface area contributed by atoms with Gasteiger partial charge in [-0.1, -0.05) is 13.8 Å². The van der Waals surface area contributed by atoms with E-state index in [4.69, 9.17) is 4.74 Å². The van der Waals surface area contributed by atoms with Gasteiger partial charge in [0.2, 0.25) is 0 Å². The van der Waals surface area contributed by atoms with Crippen molar-refractivity contribution in [2.24, 2.45) is 0 Å². The molecule has 2 rings (SSSR count). The fourth-order valence-electron chi connectivity index (χ4n) is 1.78. The van der Waals surface area contributed by atoms with Crippen LogP contribution in [-0.2, 0) is 13.1 Å². The fourth-order valence-corrected chi connectivity index (χ4v) is 1.78. The van der Waals surface area contributed by atoms with Crippen LogP contribution in [0.4, 0.5) is 0 Å². The normalized spacial score (nSPS) is 11.1. The maximum atomic E-state index is 5.83. The monoisotopic (exact) mass is 275 g/mol. The Morgan fingerprint density at radius 2 is 2.15 bits per heavy atom. The molecule has 0 bridgehead atoms. The summed E-state index contributed by atoms with van der Waals surface area (Å²) >= 11 is 0. The summed E-state index contributed by atoms with van der Waals surface area (Å²) in [6.07, 6.45) is 5.29. The molecule has 0 aliphatic carbocycles. The summed E-state index contributed by atoms with van der Waals surface area (Å²) in [5, 5.41) is 7.29. The summed E-state index contributed by atoms with van der Waals surface area (Å²) in [6.45, 7) is 7.63. The molecule has 0 atom stereocenters. The van der Waals surface area contributed by atoms with Gasteiger partial charge >= 0.3 is 0 Å². The molecular formula is C14H21N5O. The van der Waals surface area contributed by atoms with Gasteiger partial charge < -0.3 is 10.1 Å². The van der Waals surface area contributed by atoms with Crippen LogP contribution in [0.2, 0.25) is 0 Å². The molecule has 6 nitrogen and oxygen atoms in total. The van der Waals surface area contributed by atoms with Crippen LogP contribution in [0.3, 0.4) is 0 Å². The van der Waals surface area contributed by atoms with Crippen LogP contribution in [0.5, 0.6) is 11.5 Å². The van der Waals surface area contributed by atoms with E-state index in [0.29, 0.717) is 24.0 Å². The van der Waals surface area contributed by atoms with Crippen molar-refractivity contribution in [3.05, 3.63) is 30.1 Å². The van der Waals surface area contributed by atoms with E-state index < -0.39 is 0 Å². The van der Waals surface area contributed by atoms with Crippen molar-refractivity contribution in [3.63, 3.8) is 0 Å². The maximum Gasteiger partial charge on any atom is 0.168 e. The Morgan fingerprint density at radius 3 is 2.75 bits per heavy atom. The second-order valence-electron chi connectivity index (χ2n) is 4.86. The Labute approximate surface area is 119 Å². The fraction of sp³-hybridized carbons (Fsp3) is 0.500. The molecule has 0 aliphatic heterocycles. The van der Waals surface area contributed by atoms with Crippen molar-refractivity contribution in [1.82, 2.24) is 25.1 Å². The van der Waals surface area contributed by atoms with Gasteiger partial charge in [0.1, 0.15) is 11.5 Å². The van der Waals surface area contributed by atoms with Crippen LogP contribution in [-0.4, -0.2) is 26.8 Å². The molecule has 0 radical (unpaired) electrons. The molecule has 0 unspecified atom stereocenters. The first kappa shape index (κ1) is 14.5. The largest absolute Gasteiger partial charge is 0.450 e. The topological polar surface area (TPSA) is 64.9 Å². The van der Waals surface area contributed by atoms with E-state index >= 15 is 0 Å². The van der Waals surface area contributed by atoms with E-state index in [1.807, 2.05) is 24.9 Å². The highest BCUT2D eigenvalue weighted by atomic mass is 16.5. The Kier molecular flexibility index (Phi) is 4.68. The van der Waals surface area contributed by atoms with Crippen LogP contribution in [0, 0.1) is 0 Å². The number of nitrogens with one attached hydrogen (secondary N) is 1. The van der Waals surface area contributed by atoms with E-state index in [2.05, 4.69) is 34.2 Å². The summed E-state index contributed by atoms with van der Waals surface area (Å²) in [5.74, 6) is 2.49. The maximum absolute atomic E-state index is 5.83. The van der Waals surface area contributed by atoms with Crippen LogP contribution in [0.1, 0.15) is 38.2 Å². The van der Waals surface area contributed by atoms with Crippen molar-refractivity contribution in [2.45, 2.75) is 39.8 Å². The van der Waals surface area contributed by atoms with Crippen molar-refractivity contribution >= 4 is 0 Å². The third-order valence-corrected chi connectivity index (χ3v) is 2.87. The molecular weight excluding hydrogens is 254 g/mol. The Hall–Kier alpha value is -1.95. The number of rotatable bonds is 6. The zero-order chi connectivity index (χ0) is 14.5. The van der Waals surface area contributed by atoms with Gasteiger partial charge in [0, 0.05) is 19.0 Å². The molecule has 20 heavy (non-hydrogen) atoms. The van der Waals surface area contributed by atoms with E-state index in [0.717, 1.165) is 18.1 Å². The van der Waals surface area contributed by atoms with Crippen LogP contribution >= 0.6 is 0 Å². The predicted octanol–water partition coefficient (Wildman–Crippen LogP) is 2.33. The second-order valence-corrected chi connectivity index (χ2v) is 4.86. The molecule has 2 aromatic rings. The van der Waals surface area contributed by atoms with Crippen LogP contribution < -0.4 is 10.1 Å². The third kappa shape index (κ3) is 3.33. The van der Waals surface area contributed by atoms with Crippen molar-refractivity contribution in [1.29, 1.82) is 0 Å². The van der Waals surface area contributed by atoms with E-state index in [9.17, 15) is 0 Å². The first-order chi connectivity index (χ1) is 9.63. The van der Waals surface area contributed by atoms with Gasteiger partial charge in [0.25, 0.3) is 0 Å². The molecule has 0 aromatic carbocycles. The Balaban J connectivity index is 2.25. The first-order valence-corrected chi connectivity index (χ1v) is 6.84. The average molecular weight is 275 g/mol. The number of aromatic nitrogens is 4. The lowest BCUT2D eigenvalue weighted by atomic mass is 10.2. The van der Waals surface area contributed by atoms with Gasteiger partial charge in [0.15, 0.2) is 11.5 Å². The lowest BCUT2D eigenvalue weighted by Crippen LogP contribution is -2.11. The lowest BCUT2D eigenvalue weighted by molar-refractivity contribution is 0.463. The first-order valence-electron chi connectivity index (χ1n) is 6.84. The highest BCUT2D eigenvalue weighted by molar-refractivity contribution is 5.30. The molecule has 2 heterocycles. The minimum atomic E-state index is 0.294. The van der Waals surface area contributed by atoms with Crippen molar-refractivity contribution < 1.29 is 4.74 Å². The number of hydrogen-bond acceptors (Lipinski definition) is 5. The Bertz CT molecular complexity index is 564. The van der Waals surface area contributed by atoms with Gasteiger partial charge in [-0.15, -0.1) is 0 Å². The standard InChI is InChI=1S/C14H21N5O/c1-5-19-9-11(6-17-19)20-13-8-16-14(10(2)3)18-12(13)7-15-4/h6,8-10,15H,5,7H2,1-4H3. The average Bonchev–Trinajstić information content (AvgIpc) is 2.88. The number of nitrogens with zero attached hydrogens (tertiary/aromatic N) is 4. The number of hydrogen-bond donors (Lipinski definition) is 1. The zero-order valence-electron chi connectivity index (χ0n) is 12.4. The minimum Gasteiger partial charge on any atom is -0.450 e. The summed E-state index contributed by atoms with van der Waals surface area (Å²) in [4.78, 5) is 8.91. The van der Waals surface area contributed by atoms with Gasteiger partial charge in [-0.05, 0) is 14.0 Å². The van der Waals surface area contributed by atoms with Gasteiger partial charge in [-0.2, -0.15) is 5.10 Å². The lowest BCUT2D eigenvalue weighted by Gasteiger charge is -2.11. The van der Waals surface area contributed by atoms with E-state index in [1.54, 1.807) is 12.4 Å². The molecule has 2 aromatic heterocycles. The summed E-state index contributed by atoms with van der Waals surface area (Å²) < 4.78 is 7.65. The van der Waals surface area contributed by atoms with Gasteiger partial charge in [0.05, 0.1) is 18.6 Å². The highest BCUT2D eigenvalue weighted by Gasteiger charge is 2.12. The SMILES string of the molecule is CCn1cc(Oc2cnc(C(C)C)nc2CNC)cn1. The molecule has 108 valence electrons. The van der Waals surface area contributed by atoms with Crippen LogP contribution in [0.15, 0.2) is 18.6 Å². The van der Waals surface area contributed by atoms with Crippen molar-refractivity contribution in [2.75, 3.05) is 7.05 Å². The predicted molar refractivity (Wildman–Crippen MR) is 76.9 cm³/mol. The molecule has 0 saturated heterocycles. The molecule has 0 fully saturated rings. The number of ether oxygens (including phenoxy) is 1. The zero-order valence-corrected chi connectivity index (χ0v) is 12.4. The molecule has 6 heteroatoms. The second kappa shape index (κ2) is 6.47. The Morgan fingerprint density at radius 1 is 1.35 bits per heavy atom. The summed E-state index contributed by atoms with van der Waals surface area (Å²) in [6, 6.07) is 0. The quantitative estimate of drug-likeness (QED) is 0.876. The number of aryl methyl sites for hydroxylation is 1. The molecule has 0 amide bonds. The van der Waals surface area contributed by atoms with Gasteiger partial charge in [-0.3, -0.25) is 4.68 Å². The van der Waals surface area contributed by atoms with E-state index in [-0.39, 0.29) is 0 Å². The smallest absolute Gasteiger partial charge is 0.168 e. The summed E-state index contributed by atoms with van der Waals surface area (Å²) in [5.41, 5.74) is 0.857. The molecule has 0 saturated carbocycles.